The smallest absolute Gasteiger partial charge is 0.140 e. The van der Waals surface area contributed by atoms with Crippen LogP contribution in [0.5, 0.6) is 0 Å². The zero-order valence-corrected chi connectivity index (χ0v) is 15.1. The van der Waals surface area contributed by atoms with Gasteiger partial charge >= 0.3 is 0 Å². The van der Waals surface area contributed by atoms with Gasteiger partial charge in [0.2, 0.25) is 0 Å². The van der Waals surface area contributed by atoms with E-state index in [4.69, 9.17) is 5.26 Å². The molecule has 2 aromatic carbocycles. The minimum atomic E-state index is -0.477. The monoisotopic (exact) mass is 369 g/mol. The number of nitriles is 1. The highest BCUT2D eigenvalue weighted by Gasteiger charge is 2.51. The van der Waals surface area contributed by atoms with E-state index in [2.05, 4.69) is 21.3 Å². The minimum Gasteiger partial charge on any atom is -0.390 e. The topological polar surface area (TPSA) is 50.5 Å². The number of likely N-dealkylation sites (tertiary alicyclic amines) is 1. The Hall–Kier alpha value is -2.07. The molecule has 0 bridgehead atoms. The third-order valence-electron chi connectivity index (χ3n) is 5.18. The number of halogens is 1. The molecule has 1 N–H and O–H groups in total. The molecule has 0 aromatic heterocycles. The summed E-state index contributed by atoms with van der Waals surface area (Å²) in [5, 5.41) is 19.7. The van der Waals surface area contributed by atoms with Crippen LogP contribution >= 0.6 is 11.9 Å². The number of aliphatic hydroxyl groups excluding tert-OH is 1. The Morgan fingerprint density at radius 2 is 2.08 bits per heavy atom. The third kappa shape index (κ3) is 3.18. The number of rotatable bonds is 3. The second-order valence-electron chi connectivity index (χ2n) is 6.96. The number of para-hydroxylation sites is 1. The van der Waals surface area contributed by atoms with E-state index in [1.54, 1.807) is 24.1 Å². The molecule has 2 saturated heterocycles. The summed E-state index contributed by atoms with van der Waals surface area (Å²) in [4.78, 5) is 2.28. The van der Waals surface area contributed by atoms with Crippen molar-refractivity contribution in [3.05, 3.63) is 65.5 Å². The van der Waals surface area contributed by atoms with Crippen LogP contribution in [0.15, 0.2) is 48.5 Å². The summed E-state index contributed by atoms with van der Waals surface area (Å²) in [7, 11) is 0. The average molecular weight is 369 g/mol. The highest BCUT2D eigenvalue weighted by Crippen LogP contribution is 2.47. The molecule has 0 radical (unpaired) electrons. The molecule has 0 aliphatic carbocycles. The van der Waals surface area contributed by atoms with Gasteiger partial charge in [0.15, 0.2) is 0 Å². The molecule has 2 aliphatic rings. The molecule has 2 heterocycles. The number of benzene rings is 2. The van der Waals surface area contributed by atoms with Crippen LogP contribution in [0, 0.1) is 17.1 Å². The zero-order valence-electron chi connectivity index (χ0n) is 14.3. The Morgan fingerprint density at radius 3 is 2.85 bits per heavy atom. The van der Waals surface area contributed by atoms with Crippen molar-refractivity contribution < 1.29 is 9.50 Å². The highest BCUT2D eigenvalue weighted by atomic mass is 32.2. The van der Waals surface area contributed by atoms with Crippen molar-refractivity contribution in [3.8, 4) is 6.07 Å². The second kappa shape index (κ2) is 6.92. The van der Waals surface area contributed by atoms with Gasteiger partial charge in [0, 0.05) is 25.3 Å². The number of nitrogens with zero attached hydrogens (tertiary/aromatic N) is 3. The van der Waals surface area contributed by atoms with Gasteiger partial charge in [-0.05, 0) is 48.2 Å². The fourth-order valence-electron chi connectivity index (χ4n) is 3.77. The Balaban J connectivity index is 1.45. The lowest BCUT2D eigenvalue weighted by Crippen LogP contribution is -2.39. The van der Waals surface area contributed by atoms with E-state index in [1.807, 2.05) is 24.3 Å². The van der Waals surface area contributed by atoms with Crippen molar-refractivity contribution in [1.29, 1.82) is 5.26 Å². The highest BCUT2D eigenvalue weighted by molar-refractivity contribution is 8.02. The Bertz CT molecular complexity index is 841. The molecule has 2 aromatic rings. The van der Waals surface area contributed by atoms with Crippen molar-refractivity contribution in [2.45, 2.75) is 23.8 Å². The molecule has 2 fully saturated rings. The van der Waals surface area contributed by atoms with Crippen molar-refractivity contribution in [2.24, 2.45) is 0 Å². The molecule has 0 saturated carbocycles. The van der Waals surface area contributed by atoms with E-state index >= 15 is 0 Å². The standard InChI is InChI=1S/C20H20FN3OS/c21-18-7-6-15(10-16(18)11-22)12-23-9-8-20(14-23)19(25)13-24(26-20)17-4-2-1-3-5-17/h1-7,10,19,25H,8-9,12-14H2/t19-,20+/m0/s1. The van der Waals surface area contributed by atoms with E-state index in [0.29, 0.717) is 13.1 Å². The fourth-order valence-corrected chi connectivity index (χ4v) is 5.27. The van der Waals surface area contributed by atoms with E-state index in [9.17, 15) is 9.50 Å². The Labute approximate surface area is 157 Å². The minimum absolute atomic E-state index is 0.0851. The molecule has 134 valence electrons. The molecule has 4 nitrogen and oxygen atoms in total. The molecular formula is C20H20FN3OS. The number of anilines is 1. The van der Waals surface area contributed by atoms with Crippen molar-refractivity contribution in [3.63, 3.8) is 0 Å². The lowest BCUT2D eigenvalue weighted by atomic mass is 10.0. The van der Waals surface area contributed by atoms with Gasteiger partial charge in [-0.3, -0.25) is 4.90 Å². The molecule has 1 spiro atoms. The molecule has 0 unspecified atom stereocenters. The third-order valence-corrected chi connectivity index (χ3v) is 6.73. The van der Waals surface area contributed by atoms with Crippen molar-refractivity contribution in [2.75, 3.05) is 23.9 Å². The maximum absolute atomic E-state index is 13.5. The lowest BCUT2D eigenvalue weighted by Gasteiger charge is -2.26. The first-order valence-electron chi connectivity index (χ1n) is 8.70. The quantitative estimate of drug-likeness (QED) is 0.842. The first-order valence-corrected chi connectivity index (χ1v) is 9.48. The van der Waals surface area contributed by atoms with Crippen LogP contribution in [0.1, 0.15) is 17.5 Å². The number of hydrogen-bond donors (Lipinski definition) is 1. The van der Waals surface area contributed by atoms with Gasteiger partial charge < -0.3 is 9.41 Å². The summed E-state index contributed by atoms with van der Waals surface area (Å²) in [5.74, 6) is -0.477. The summed E-state index contributed by atoms with van der Waals surface area (Å²) in [6, 6.07) is 16.7. The first kappa shape index (κ1) is 17.3. The molecule has 0 amide bonds. The fraction of sp³-hybridized carbons (Fsp3) is 0.350. The predicted octanol–water partition coefficient (Wildman–Crippen LogP) is 3.17. The van der Waals surface area contributed by atoms with E-state index in [-0.39, 0.29) is 16.4 Å². The number of aliphatic hydroxyl groups is 1. The molecular weight excluding hydrogens is 349 g/mol. The van der Waals surface area contributed by atoms with Gasteiger partial charge in [-0.2, -0.15) is 5.26 Å². The average Bonchev–Trinajstić information content (AvgIpc) is 3.21. The molecule has 2 aliphatic heterocycles. The van der Waals surface area contributed by atoms with Gasteiger partial charge in [0.05, 0.1) is 23.0 Å². The van der Waals surface area contributed by atoms with E-state index in [1.165, 1.54) is 6.07 Å². The van der Waals surface area contributed by atoms with Crippen LogP contribution in [0.3, 0.4) is 0 Å². The maximum Gasteiger partial charge on any atom is 0.140 e. The summed E-state index contributed by atoms with van der Waals surface area (Å²) in [6.07, 6.45) is 0.523. The summed E-state index contributed by atoms with van der Waals surface area (Å²) >= 11 is 1.74. The van der Waals surface area contributed by atoms with Crippen LogP contribution in [0.25, 0.3) is 0 Å². The van der Waals surface area contributed by atoms with Crippen LogP contribution in [-0.2, 0) is 6.54 Å². The maximum atomic E-state index is 13.5. The van der Waals surface area contributed by atoms with Gasteiger partial charge in [-0.15, -0.1) is 0 Å². The Kier molecular flexibility index (Phi) is 4.62. The summed E-state index contributed by atoms with van der Waals surface area (Å²) < 4.78 is 15.5. The van der Waals surface area contributed by atoms with E-state index < -0.39 is 5.82 Å². The molecule has 4 rings (SSSR count). The van der Waals surface area contributed by atoms with Crippen molar-refractivity contribution in [1.82, 2.24) is 4.90 Å². The van der Waals surface area contributed by atoms with Crippen LogP contribution < -0.4 is 4.31 Å². The molecule has 26 heavy (non-hydrogen) atoms. The van der Waals surface area contributed by atoms with E-state index in [0.717, 1.165) is 30.8 Å². The SMILES string of the molecule is N#Cc1cc(CN2CC[C@]3(C2)SN(c2ccccc2)C[C@@H]3O)ccc1F. The first-order chi connectivity index (χ1) is 12.6. The second-order valence-corrected chi connectivity index (χ2v) is 8.39. The Morgan fingerprint density at radius 1 is 1.27 bits per heavy atom. The normalized spacial score (nSPS) is 25.7. The summed E-state index contributed by atoms with van der Waals surface area (Å²) in [5.41, 5.74) is 2.13. The van der Waals surface area contributed by atoms with Gasteiger partial charge in [0.1, 0.15) is 11.9 Å². The summed E-state index contributed by atoms with van der Waals surface area (Å²) in [6.45, 7) is 2.94. The molecule has 2 atom stereocenters. The van der Waals surface area contributed by atoms with Crippen molar-refractivity contribution >= 4 is 17.6 Å². The lowest BCUT2D eigenvalue weighted by molar-refractivity contribution is 0.145. The van der Waals surface area contributed by atoms with Crippen LogP contribution in [0.2, 0.25) is 0 Å². The largest absolute Gasteiger partial charge is 0.390 e. The van der Waals surface area contributed by atoms with Gasteiger partial charge in [0.25, 0.3) is 0 Å². The van der Waals surface area contributed by atoms with Gasteiger partial charge in [-0.25, -0.2) is 4.39 Å². The zero-order chi connectivity index (χ0) is 18.1. The van der Waals surface area contributed by atoms with Gasteiger partial charge in [-0.1, -0.05) is 24.3 Å². The number of hydrogen-bond acceptors (Lipinski definition) is 5. The number of β-amino-alcohol motifs (C(OH)–C–C–N with tert-alkyl or cyclic N) is 1. The van der Waals surface area contributed by atoms with Crippen LogP contribution in [-0.4, -0.2) is 40.5 Å². The predicted molar refractivity (Wildman–Crippen MR) is 101 cm³/mol. The molecule has 6 heteroatoms. The van der Waals surface area contributed by atoms with Crippen LogP contribution in [0.4, 0.5) is 10.1 Å².